The van der Waals surface area contributed by atoms with Gasteiger partial charge in [0.1, 0.15) is 6.61 Å². The Morgan fingerprint density at radius 2 is 2.06 bits per heavy atom. The number of amides is 2. The van der Waals surface area contributed by atoms with Crippen molar-refractivity contribution in [2.45, 2.75) is 26.2 Å². The molecule has 0 aromatic heterocycles. The van der Waals surface area contributed by atoms with E-state index >= 15 is 0 Å². The number of hydrogen-bond acceptors (Lipinski definition) is 4. The van der Waals surface area contributed by atoms with Gasteiger partial charge in [0, 0.05) is 25.6 Å². The van der Waals surface area contributed by atoms with Gasteiger partial charge in [-0.2, -0.15) is 0 Å². The smallest absolute Gasteiger partial charge is 0.248 e. The number of nitrogens with one attached hydrogen (secondary N) is 1. The van der Waals surface area contributed by atoms with Crippen molar-refractivity contribution < 1.29 is 14.3 Å². The van der Waals surface area contributed by atoms with Crippen LogP contribution in [0, 0.1) is 5.92 Å². The van der Waals surface area contributed by atoms with E-state index < -0.39 is 0 Å². The summed E-state index contributed by atoms with van der Waals surface area (Å²) in [6.45, 7) is 3.96. The molecule has 1 fully saturated rings. The molecule has 0 unspecified atom stereocenters. The standard InChI is InChI=1S/C11H21N3O3/c1-2-7-17-8-10(15)14-5-3-9(4-6-14)11(16)13-12/h9H,2-8,12H2,1H3,(H,13,16). The van der Waals surface area contributed by atoms with Crippen LogP contribution in [0.3, 0.4) is 0 Å². The molecule has 0 radical (unpaired) electrons. The van der Waals surface area contributed by atoms with Crippen LogP contribution >= 0.6 is 0 Å². The van der Waals surface area contributed by atoms with Crippen molar-refractivity contribution in [2.24, 2.45) is 11.8 Å². The lowest BCUT2D eigenvalue weighted by Gasteiger charge is -2.30. The summed E-state index contributed by atoms with van der Waals surface area (Å²) >= 11 is 0. The molecule has 1 aliphatic rings. The maximum Gasteiger partial charge on any atom is 0.248 e. The number of piperidine rings is 1. The maximum absolute atomic E-state index is 11.7. The fourth-order valence-electron chi connectivity index (χ4n) is 1.90. The summed E-state index contributed by atoms with van der Waals surface area (Å²) in [7, 11) is 0. The average molecular weight is 243 g/mol. The van der Waals surface area contributed by atoms with Crippen LogP contribution in [0.4, 0.5) is 0 Å². The zero-order valence-corrected chi connectivity index (χ0v) is 10.3. The van der Waals surface area contributed by atoms with Crippen molar-refractivity contribution in [1.29, 1.82) is 0 Å². The molecule has 1 heterocycles. The van der Waals surface area contributed by atoms with Crippen LogP contribution < -0.4 is 11.3 Å². The summed E-state index contributed by atoms with van der Waals surface area (Å²) < 4.78 is 5.20. The van der Waals surface area contributed by atoms with Gasteiger partial charge in [0.05, 0.1) is 0 Å². The predicted octanol–water partition coefficient (Wildman–Crippen LogP) is -0.358. The van der Waals surface area contributed by atoms with Gasteiger partial charge in [-0.15, -0.1) is 0 Å². The predicted molar refractivity (Wildman–Crippen MR) is 62.7 cm³/mol. The summed E-state index contributed by atoms with van der Waals surface area (Å²) in [4.78, 5) is 24.7. The molecule has 2 amide bonds. The van der Waals surface area contributed by atoms with Gasteiger partial charge in [0.15, 0.2) is 0 Å². The quantitative estimate of drug-likeness (QED) is 0.299. The van der Waals surface area contributed by atoms with Gasteiger partial charge in [-0.1, -0.05) is 6.92 Å². The molecule has 17 heavy (non-hydrogen) atoms. The number of ether oxygens (including phenoxy) is 1. The topological polar surface area (TPSA) is 84.7 Å². The lowest BCUT2D eigenvalue weighted by atomic mass is 9.96. The van der Waals surface area contributed by atoms with E-state index in [0.717, 1.165) is 6.42 Å². The van der Waals surface area contributed by atoms with E-state index in [-0.39, 0.29) is 24.3 Å². The van der Waals surface area contributed by atoms with Crippen LogP contribution in [0.5, 0.6) is 0 Å². The van der Waals surface area contributed by atoms with Gasteiger partial charge in [-0.25, -0.2) is 5.84 Å². The Hall–Kier alpha value is -1.14. The average Bonchev–Trinajstić information content (AvgIpc) is 2.38. The largest absolute Gasteiger partial charge is 0.372 e. The fourth-order valence-corrected chi connectivity index (χ4v) is 1.90. The highest BCUT2D eigenvalue weighted by atomic mass is 16.5. The lowest BCUT2D eigenvalue weighted by molar-refractivity contribution is -0.139. The van der Waals surface area contributed by atoms with Gasteiger partial charge >= 0.3 is 0 Å². The van der Waals surface area contributed by atoms with E-state index in [2.05, 4.69) is 5.43 Å². The van der Waals surface area contributed by atoms with E-state index in [1.807, 2.05) is 6.92 Å². The van der Waals surface area contributed by atoms with E-state index in [1.54, 1.807) is 4.90 Å². The number of hydrazine groups is 1. The van der Waals surface area contributed by atoms with Gasteiger partial charge in [0.25, 0.3) is 0 Å². The monoisotopic (exact) mass is 243 g/mol. The Morgan fingerprint density at radius 1 is 1.41 bits per heavy atom. The lowest BCUT2D eigenvalue weighted by Crippen LogP contribution is -2.45. The number of nitrogens with zero attached hydrogens (tertiary/aromatic N) is 1. The molecule has 0 atom stereocenters. The van der Waals surface area contributed by atoms with Gasteiger partial charge in [0.2, 0.25) is 11.8 Å². The molecular weight excluding hydrogens is 222 g/mol. The van der Waals surface area contributed by atoms with Crippen molar-refractivity contribution in [3.05, 3.63) is 0 Å². The molecule has 0 bridgehead atoms. The van der Waals surface area contributed by atoms with Crippen LogP contribution in [0.25, 0.3) is 0 Å². The number of carbonyl (C=O) groups excluding carboxylic acids is 2. The van der Waals surface area contributed by atoms with Crippen molar-refractivity contribution in [1.82, 2.24) is 10.3 Å². The molecule has 1 saturated heterocycles. The molecule has 98 valence electrons. The number of nitrogens with two attached hydrogens (primary N) is 1. The van der Waals surface area contributed by atoms with Crippen molar-refractivity contribution >= 4 is 11.8 Å². The minimum Gasteiger partial charge on any atom is -0.372 e. The van der Waals surface area contributed by atoms with E-state index in [4.69, 9.17) is 10.6 Å². The van der Waals surface area contributed by atoms with E-state index in [0.29, 0.717) is 32.5 Å². The van der Waals surface area contributed by atoms with Crippen LogP contribution in [0.15, 0.2) is 0 Å². The zero-order chi connectivity index (χ0) is 12.7. The molecule has 1 rings (SSSR count). The zero-order valence-electron chi connectivity index (χ0n) is 10.3. The molecule has 3 N–H and O–H groups in total. The third-order valence-corrected chi connectivity index (χ3v) is 2.93. The molecule has 0 aliphatic carbocycles. The first-order valence-corrected chi connectivity index (χ1v) is 6.05. The summed E-state index contributed by atoms with van der Waals surface area (Å²) in [6, 6.07) is 0. The van der Waals surface area contributed by atoms with Crippen LogP contribution in [0.1, 0.15) is 26.2 Å². The Morgan fingerprint density at radius 3 is 2.59 bits per heavy atom. The number of hydrogen-bond donors (Lipinski definition) is 2. The molecule has 0 aromatic carbocycles. The van der Waals surface area contributed by atoms with Crippen LogP contribution in [-0.2, 0) is 14.3 Å². The van der Waals surface area contributed by atoms with Gasteiger partial charge in [-0.3, -0.25) is 15.0 Å². The van der Waals surface area contributed by atoms with E-state index in [1.165, 1.54) is 0 Å². The Balaban J connectivity index is 2.26. The molecule has 6 nitrogen and oxygen atoms in total. The highest BCUT2D eigenvalue weighted by Gasteiger charge is 2.26. The Bertz CT molecular complexity index is 263. The molecule has 0 spiro atoms. The fraction of sp³-hybridized carbons (Fsp3) is 0.818. The molecule has 0 aromatic rings. The minimum absolute atomic E-state index is 0.00468. The highest BCUT2D eigenvalue weighted by Crippen LogP contribution is 2.17. The third kappa shape index (κ3) is 4.32. The van der Waals surface area contributed by atoms with Gasteiger partial charge in [-0.05, 0) is 19.3 Å². The molecule has 0 saturated carbocycles. The molecule has 6 heteroatoms. The van der Waals surface area contributed by atoms with E-state index in [9.17, 15) is 9.59 Å². The van der Waals surface area contributed by atoms with Crippen LogP contribution in [-0.4, -0.2) is 43.0 Å². The number of carbonyl (C=O) groups is 2. The first-order valence-electron chi connectivity index (χ1n) is 6.05. The summed E-state index contributed by atoms with van der Waals surface area (Å²) in [6.07, 6.45) is 2.25. The first-order chi connectivity index (χ1) is 8.19. The minimum atomic E-state index is -0.140. The van der Waals surface area contributed by atoms with Crippen molar-refractivity contribution in [2.75, 3.05) is 26.3 Å². The summed E-state index contributed by atoms with van der Waals surface area (Å²) in [5.41, 5.74) is 2.15. The van der Waals surface area contributed by atoms with Gasteiger partial charge < -0.3 is 9.64 Å². The maximum atomic E-state index is 11.7. The SMILES string of the molecule is CCCOCC(=O)N1CCC(C(=O)NN)CC1. The Labute approximate surface area is 101 Å². The van der Waals surface area contributed by atoms with Crippen molar-refractivity contribution in [3.8, 4) is 0 Å². The second-order valence-electron chi connectivity index (χ2n) is 4.22. The normalized spacial score (nSPS) is 16.9. The first kappa shape index (κ1) is 13.9. The summed E-state index contributed by atoms with van der Waals surface area (Å²) in [5.74, 6) is 4.87. The highest BCUT2D eigenvalue weighted by molar-refractivity contribution is 5.80. The van der Waals surface area contributed by atoms with Crippen LogP contribution in [0.2, 0.25) is 0 Å². The Kier molecular flexibility index (Phi) is 5.93. The number of likely N-dealkylation sites (tertiary alicyclic amines) is 1. The second kappa shape index (κ2) is 7.24. The summed E-state index contributed by atoms with van der Waals surface area (Å²) in [5, 5.41) is 0. The third-order valence-electron chi connectivity index (χ3n) is 2.93. The molecule has 1 aliphatic heterocycles. The van der Waals surface area contributed by atoms with Crippen molar-refractivity contribution in [3.63, 3.8) is 0 Å². The molecular formula is C11H21N3O3. The number of rotatable bonds is 5. The second-order valence-corrected chi connectivity index (χ2v) is 4.22.